The monoisotopic (exact) mass is 467 g/mol. The zero-order chi connectivity index (χ0) is 22.3. The highest BCUT2D eigenvalue weighted by Gasteiger charge is 2.24. The highest BCUT2D eigenvalue weighted by molar-refractivity contribution is 7.99. The average Bonchev–Trinajstić information content (AvgIpc) is 3.40. The molecule has 166 valence electrons. The molecule has 1 atom stereocenters. The largest absolute Gasteiger partial charge is 0.351 e. The number of aromatic nitrogens is 3. The van der Waals surface area contributed by atoms with Gasteiger partial charge in [0.25, 0.3) is 0 Å². The molecule has 32 heavy (non-hydrogen) atoms. The number of nitrogens with zero attached hydrogens (tertiary/aromatic N) is 4. The number of hydrogen-bond acceptors (Lipinski definition) is 5. The van der Waals surface area contributed by atoms with E-state index >= 15 is 0 Å². The van der Waals surface area contributed by atoms with E-state index in [0.29, 0.717) is 22.5 Å². The summed E-state index contributed by atoms with van der Waals surface area (Å²) in [5.74, 6) is 1.05. The Hall–Kier alpha value is -2.61. The number of nitrogens with one attached hydrogen (secondary N) is 1. The standard InChI is InChI=1S/C24H26ClN5OS/c1-2-13-30-23(19-8-10-20(25)11-9-19)27-28-24(30)32-17-22(31)26-21-12-14-29(16-21)15-18-6-4-3-5-7-18/h2-11,21H,1,12-17H2,(H,26,31)/t21-/m1/s1. The molecular formula is C24H26ClN5OS. The number of benzene rings is 2. The molecule has 1 fully saturated rings. The quantitative estimate of drug-likeness (QED) is 0.376. The van der Waals surface area contributed by atoms with Crippen molar-refractivity contribution in [1.82, 2.24) is 25.0 Å². The number of carbonyl (C=O) groups excluding carboxylic acids is 1. The van der Waals surface area contributed by atoms with Gasteiger partial charge >= 0.3 is 0 Å². The predicted molar refractivity (Wildman–Crippen MR) is 130 cm³/mol. The lowest BCUT2D eigenvalue weighted by molar-refractivity contribution is -0.119. The van der Waals surface area contributed by atoms with Crippen LogP contribution in [0, 0.1) is 0 Å². The van der Waals surface area contributed by atoms with Gasteiger partial charge in [0, 0.05) is 42.8 Å². The number of thioether (sulfide) groups is 1. The molecule has 8 heteroatoms. The summed E-state index contributed by atoms with van der Waals surface area (Å²) in [6, 6.07) is 18.1. The third-order valence-corrected chi connectivity index (χ3v) is 6.57. The Kier molecular flexibility index (Phi) is 7.63. The topological polar surface area (TPSA) is 63.1 Å². The molecule has 0 bridgehead atoms. The lowest BCUT2D eigenvalue weighted by atomic mass is 10.2. The van der Waals surface area contributed by atoms with Crippen molar-refractivity contribution in [3.05, 3.63) is 77.8 Å². The first-order valence-electron chi connectivity index (χ1n) is 10.6. The van der Waals surface area contributed by atoms with E-state index < -0.39 is 0 Å². The molecule has 0 aliphatic carbocycles. The van der Waals surface area contributed by atoms with Gasteiger partial charge in [-0.1, -0.05) is 59.8 Å². The molecule has 1 aromatic heterocycles. The van der Waals surface area contributed by atoms with Crippen molar-refractivity contribution in [3.8, 4) is 11.4 Å². The Morgan fingerprint density at radius 3 is 2.72 bits per heavy atom. The van der Waals surface area contributed by atoms with Crippen molar-refractivity contribution in [2.45, 2.75) is 30.7 Å². The summed E-state index contributed by atoms with van der Waals surface area (Å²) < 4.78 is 1.96. The van der Waals surface area contributed by atoms with Crippen molar-refractivity contribution < 1.29 is 4.79 Å². The van der Waals surface area contributed by atoms with Crippen molar-refractivity contribution in [3.63, 3.8) is 0 Å². The number of hydrogen-bond donors (Lipinski definition) is 1. The number of allylic oxidation sites excluding steroid dienone is 1. The Labute approximate surface area is 197 Å². The van der Waals surface area contributed by atoms with E-state index in [9.17, 15) is 4.79 Å². The van der Waals surface area contributed by atoms with Crippen LogP contribution in [0.5, 0.6) is 0 Å². The maximum atomic E-state index is 12.6. The number of rotatable bonds is 9. The van der Waals surface area contributed by atoms with Gasteiger partial charge < -0.3 is 5.32 Å². The normalized spacial score (nSPS) is 16.2. The molecule has 1 N–H and O–H groups in total. The van der Waals surface area contributed by atoms with E-state index in [1.54, 1.807) is 6.08 Å². The summed E-state index contributed by atoms with van der Waals surface area (Å²) in [5.41, 5.74) is 2.22. The van der Waals surface area contributed by atoms with E-state index in [-0.39, 0.29) is 11.9 Å². The van der Waals surface area contributed by atoms with E-state index in [1.807, 2.05) is 34.9 Å². The van der Waals surface area contributed by atoms with Gasteiger partial charge in [-0.3, -0.25) is 14.3 Å². The highest BCUT2D eigenvalue weighted by atomic mass is 35.5. The van der Waals surface area contributed by atoms with Crippen molar-refractivity contribution in [2.75, 3.05) is 18.8 Å². The summed E-state index contributed by atoms with van der Waals surface area (Å²) in [5, 5.41) is 13.2. The van der Waals surface area contributed by atoms with Crippen LogP contribution in [-0.2, 0) is 17.9 Å². The number of carbonyl (C=O) groups is 1. The van der Waals surface area contributed by atoms with E-state index in [1.165, 1.54) is 17.3 Å². The van der Waals surface area contributed by atoms with Crippen molar-refractivity contribution >= 4 is 29.3 Å². The Balaban J connectivity index is 1.31. The molecule has 1 amide bonds. The van der Waals surface area contributed by atoms with Crippen molar-refractivity contribution in [1.29, 1.82) is 0 Å². The van der Waals surface area contributed by atoms with Gasteiger partial charge in [0.05, 0.1) is 5.75 Å². The molecule has 1 saturated heterocycles. The number of halogens is 1. The molecular weight excluding hydrogens is 442 g/mol. The van der Waals surface area contributed by atoms with Crippen LogP contribution in [0.25, 0.3) is 11.4 Å². The van der Waals surface area contributed by atoms with Crippen LogP contribution in [0.4, 0.5) is 0 Å². The Bertz CT molecular complexity index is 1050. The molecule has 1 aliphatic heterocycles. The van der Waals surface area contributed by atoms with Gasteiger partial charge in [0.2, 0.25) is 5.91 Å². The van der Waals surface area contributed by atoms with Gasteiger partial charge in [-0.05, 0) is 36.2 Å². The Morgan fingerprint density at radius 2 is 1.97 bits per heavy atom. The minimum atomic E-state index is 0.0164. The first-order valence-corrected chi connectivity index (χ1v) is 12.0. The predicted octanol–water partition coefficient (Wildman–Crippen LogP) is 4.27. The lowest BCUT2D eigenvalue weighted by Crippen LogP contribution is -2.38. The fourth-order valence-electron chi connectivity index (χ4n) is 3.84. The molecule has 2 heterocycles. The summed E-state index contributed by atoms with van der Waals surface area (Å²) >= 11 is 7.39. The van der Waals surface area contributed by atoms with Crippen molar-refractivity contribution in [2.24, 2.45) is 0 Å². The number of amides is 1. The van der Waals surface area contributed by atoms with Gasteiger partial charge in [0.15, 0.2) is 11.0 Å². The zero-order valence-electron chi connectivity index (χ0n) is 17.8. The van der Waals surface area contributed by atoms with Gasteiger partial charge in [-0.2, -0.15) is 0 Å². The second-order valence-corrected chi connectivity index (χ2v) is 9.15. The van der Waals surface area contributed by atoms with Crippen LogP contribution in [0.3, 0.4) is 0 Å². The van der Waals surface area contributed by atoms with Crippen LogP contribution in [0.2, 0.25) is 5.02 Å². The summed E-state index contributed by atoms with van der Waals surface area (Å²) in [7, 11) is 0. The summed E-state index contributed by atoms with van der Waals surface area (Å²) in [6.45, 7) is 7.18. The molecule has 6 nitrogen and oxygen atoms in total. The average molecular weight is 468 g/mol. The maximum absolute atomic E-state index is 12.6. The van der Waals surface area contributed by atoms with E-state index in [2.05, 4.69) is 51.3 Å². The van der Waals surface area contributed by atoms with E-state index in [0.717, 1.165) is 37.4 Å². The summed E-state index contributed by atoms with van der Waals surface area (Å²) in [4.78, 5) is 15.0. The smallest absolute Gasteiger partial charge is 0.230 e. The first kappa shape index (κ1) is 22.6. The minimum Gasteiger partial charge on any atom is -0.351 e. The fourth-order valence-corrected chi connectivity index (χ4v) is 4.72. The zero-order valence-corrected chi connectivity index (χ0v) is 19.4. The Morgan fingerprint density at radius 1 is 1.19 bits per heavy atom. The SMILES string of the molecule is C=CCn1c(SCC(=O)N[C@@H]2CCN(Cc3ccccc3)C2)nnc1-c1ccc(Cl)cc1. The third kappa shape index (κ3) is 5.79. The molecule has 4 rings (SSSR count). The molecule has 2 aromatic carbocycles. The van der Waals surface area contributed by atoms with Gasteiger partial charge in [-0.25, -0.2) is 0 Å². The highest BCUT2D eigenvalue weighted by Crippen LogP contribution is 2.25. The summed E-state index contributed by atoms with van der Waals surface area (Å²) in [6.07, 6.45) is 2.77. The molecule has 0 saturated carbocycles. The van der Waals surface area contributed by atoms with Crippen LogP contribution in [0.15, 0.2) is 72.4 Å². The molecule has 1 aliphatic rings. The minimum absolute atomic E-state index is 0.0164. The molecule has 0 radical (unpaired) electrons. The third-order valence-electron chi connectivity index (χ3n) is 5.35. The van der Waals surface area contributed by atoms with Gasteiger partial charge in [0.1, 0.15) is 0 Å². The first-order chi connectivity index (χ1) is 15.6. The van der Waals surface area contributed by atoms with Crippen LogP contribution in [-0.4, -0.2) is 50.5 Å². The second kappa shape index (κ2) is 10.8. The molecule has 0 unspecified atom stereocenters. The molecule has 0 spiro atoms. The van der Waals surface area contributed by atoms with Gasteiger partial charge in [-0.15, -0.1) is 16.8 Å². The maximum Gasteiger partial charge on any atom is 0.230 e. The molecule has 3 aromatic rings. The van der Waals surface area contributed by atoms with E-state index in [4.69, 9.17) is 11.6 Å². The lowest BCUT2D eigenvalue weighted by Gasteiger charge is -2.16. The number of likely N-dealkylation sites (tertiary alicyclic amines) is 1. The van der Waals surface area contributed by atoms with Crippen LogP contribution < -0.4 is 5.32 Å². The fraction of sp³-hybridized carbons (Fsp3) is 0.292. The van der Waals surface area contributed by atoms with Crippen LogP contribution >= 0.6 is 23.4 Å². The second-order valence-electron chi connectivity index (χ2n) is 7.77. The van der Waals surface area contributed by atoms with Crippen LogP contribution in [0.1, 0.15) is 12.0 Å².